The summed E-state index contributed by atoms with van der Waals surface area (Å²) in [6.07, 6.45) is 4.09. The van der Waals surface area contributed by atoms with Gasteiger partial charge in [-0.25, -0.2) is 0 Å². The molecule has 0 saturated carbocycles. The first kappa shape index (κ1) is 13.7. The lowest BCUT2D eigenvalue weighted by Gasteiger charge is -2.22. The molecular formula is C12H24O2. The van der Waals surface area contributed by atoms with Gasteiger partial charge in [0.15, 0.2) is 0 Å². The minimum Gasteiger partial charge on any atom is -0.393 e. The van der Waals surface area contributed by atoms with Gasteiger partial charge in [-0.2, -0.15) is 0 Å². The standard InChI is InChI=1S/C12H24O2/c1-5-7-11(8-9(3)13)12(6-2)10(4)14/h8-10,12-14H,5-7H2,1-4H3/b11-8+/t9-,10+,12?/m1/s1. The molecule has 84 valence electrons. The summed E-state index contributed by atoms with van der Waals surface area (Å²) >= 11 is 0. The molecule has 1 unspecified atom stereocenters. The molecule has 0 heterocycles. The lowest BCUT2D eigenvalue weighted by molar-refractivity contribution is 0.138. The first-order valence-corrected chi connectivity index (χ1v) is 5.59. The molecular weight excluding hydrogens is 176 g/mol. The third-order valence-corrected chi connectivity index (χ3v) is 2.49. The molecule has 3 atom stereocenters. The summed E-state index contributed by atoms with van der Waals surface area (Å²) in [6.45, 7) is 7.76. The van der Waals surface area contributed by atoms with E-state index in [4.69, 9.17) is 0 Å². The van der Waals surface area contributed by atoms with Crippen molar-refractivity contribution >= 4 is 0 Å². The third kappa shape index (κ3) is 4.77. The van der Waals surface area contributed by atoms with E-state index >= 15 is 0 Å². The number of hydrogen-bond donors (Lipinski definition) is 2. The van der Waals surface area contributed by atoms with Gasteiger partial charge in [-0.1, -0.05) is 31.9 Å². The van der Waals surface area contributed by atoms with E-state index in [0.717, 1.165) is 19.3 Å². The fraction of sp³-hybridized carbons (Fsp3) is 0.833. The SMILES string of the molecule is CCC/C(=C\[C@@H](C)O)C(CC)[C@H](C)O. The van der Waals surface area contributed by atoms with Crippen molar-refractivity contribution in [3.63, 3.8) is 0 Å². The van der Waals surface area contributed by atoms with Gasteiger partial charge in [0.05, 0.1) is 12.2 Å². The summed E-state index contributed by atoms with van der Waals surface area (Å²) in [6, 6.07) is 0. The van der Waals surface area contributed by atoms with Gasteiger partial charge in [-0.15, -0.1) is 0 Å². The van der Waals surface area contributed by atoms with Gasteiger partial charge >= 0.3 is 0 Å². The molecule has 0 bridgehead atoms. The fourth-order valence-corrected chi connectivity index (χ4v) is 1.90. The summed E-state index contributed by atoms with van der Waals surface area (Å²) in [7, 11) is 0. The molecule has 0 aromatic heterocycles. The number of hydrogen-bond acceptors (Lipinski definition) is 2. The highest BCUT2D eigenvalue weighted by Gasteiger charge is 2.17. The summed E-state index contributed by atoms with van der Waals surface area (Å²) in [4.78, 5) is 0. The molecule has 14 heavy (non-hydrogen) atoms. The maximum atomic E-state index is 9.60. The highest BCUT2D eigenvalue weighted by molar-refractivity contribution is 5.10. The predicted octanol–water partition coefficient (Wildman–Crippen LogP) is 2.50. The van der Waals surface area contributed by atoms with Crippen molar-refractivity contribution in [2.75, 3.05) is 0 Å². The Kier molecular flexibility index (Phi) is 6.85. The Bertz CT molecular complexity index is 171. The van der Waals surface area contributed by atoms with Crippen LogP contribution in [0.1, 0.15) is 47.0 Å². The molecule has 0 rings (SSSR count). The molecule has 2 N–H and O–H groups in total. The second-order valence-electron chi connectivity index (χ2n) is 3.99. The van der Waals surface area contributed by atoms with Crippen LogP contribution in [0.2, 0.25) is 0 Å². The van der Waals surface area contributed by atoms with Gasteiger partial charge in [-0.05, 0) is 26.7 Å². The smallest absolute Gasteiger partial charge is 0.0695 e. The minimum atomic E-state index is -0.413. The quantitative estimate of drug-likeness (QED) is 0.647. The third-order valence-electron chi connectivity index (χ3n) is 2.49. The molecule has 0 fully saturated rings. The Morgan fingerprint density at radius 2 is 1.79 bits per heavy atom. The van der Waals surface area contributed by atoms with Crippen LogP contribution in [0.15, 0.2) is 11.6 Å². The van der Waals surface area contributed by atoms with Crippen LogP contribution in [0.25, 0.3) is 0 Å². The average molecular weight is 200 g/mol. The monoisotopic (exact) mass is 200 g/mol. The van der Waals surface area contributed by atoms with Crippen LogP contribution in [-0.4, -0.2) is 22.4 Å². The van der Waals surface area contributed by atoms with E-state index in [1.807, 2.05) is 13.0 Å². The second-order valence-corrected chi connectivity index (χ2v) is 3.99. The van der Waals surface area contributed by atoms with E-state index in [9.17, 15) is 10.2 Å². The van der Waals surface area contributed by atoms with Gasteiger partial charge in [0.25, 0.3) is 0 Å². The highest BCUT2D eigenvalue weighted by atomic mass is 16.3. The van der Waals surface area contributed by atoms with Crippen molar-refractivity contribution in [2.45, 2.75) is 59.2 Å². The van der Waals surface area contributed by atoms with E-state index in [1.54, 1.807) is 6.92 Å². The van der Waals surface area contributed by atoms with Gasteiger partial charge in [0.2, 0.25) is 0 Å². The Labute approximate surface area is 87.7 Å². The zero-order valence-electron chi connectivity index (χ0n) is 9.83. The lowest BCUT2D eigenvalue weighted by atomic mass is 9.88. The van der Waals surface area contributed by atoms with E-state index in [2.05, 4.69) is 13.8 Å². The molecule has 2 nitrogen and oxygen atoms in total. The largest absolute Gasteiger partial charge is 0.393 e. The molecule has 0 amide bonds. The maximum absolute atomic E-state index is 9.60. The summed E-state index contributed by atoms with van der Waals surface area (Å²) in [5, 5.41) is 18.9. The van der Waals surface area contributed by atoms with Crippen LogP contribution < -0.4 is 0 Å². The number of rotatable bonds is 6. The second kappa shape index (κ2) is 7.02. The number of aliphatic hydroxyl groups excluding tert-OH is 2. The maximum Gasteiger partial charge on any atom is 0.0695 e. The normalized spacial score (nSPS) is 19.1. The van der Waals surface area contributed by atoms with E-state index < -0.39 is 6.10 Å². The molecule has 0 radical (unpaired) electrons. The van der Waals surface area contributed by atoms with Gasteiger partial charge in [0, 0.05) is 5.92 Å². The molecule has 0 saturated heterocycles. The van der Waals surface area contributed by atoms with Crippen LogP contribution in [0.4, 0.5) is 0 Å². The van der Waals surface area contributed by atoms with Crippen LogP contribution in [0, 0.1) is 5.92 Å². The molecule has 2 heteroatoms. The Morgan fingerprint density at radius 1 is 1.21 bits per heavy atom. The Hall–Kier alpha value is -0.340. The van der Waals surface area contributed by atoms with E-state index in [-0.39, 0.29) is 12.0 Å². The first-order chi connectivity index (χ1) is 6.52. The van der Waals surface area contributed by atoms with Crippen LogP contribution >= 0.6 is 0 Å². The summed E-state index contributed by atoms with van der Waals surface area (Å²) < 4.78 is 0. The molecule has 0 aliphatic heterocycles. The van der Waals surface area contributed by atoms with E-state index in [0.29, 0.717) is 0 Å². The molecule has 0 aromatic carbocycles. The topological polar surface area (TPSA) is 40.5 Å². The molecule has 0 aliphatic carbocycles. The lowest BCUT2D eigenvalue weighted by Crippen LogP contribution is -2.19. The van der Waals surface area contributed by atoms with Crippen LogP contribution in [0.3, 0.4) is 0 Å². The molecule has 0 aromatic rings. The first-order valence-electron chi connectivity index (χ1n) is 5.59. The van der Waals surface area contributed by atoms with Gasteiger partial charge in [0.1, 0.15) is 0 Å². The zero-order chi connectivity index (χ0) is 11.1. The summed E-state index contributed by atoms with van der Waals surface area (Å²) in [5.74, 6) is 0.199. The van der Waals surface area contributed by atoms with Crippen molar-refractivity contribution in [1.82, 2.24) is 0 Å². The van der Waals surface area contributed by atoms with E-state index in [1.165, 1.54) is 5.57 Å². The Morgan fingerprint density at radius 3 is 2.07 bits per heavy atom. The predicted molar refractivity (Wildman–Crippen MR) is 60.1 cm³/mol. The van der Waals surface area contributed by atoms with Gasteiger partial charge in [-0.3, -0.25) is 0 Å². The summed E-state index contributed by atoms with van der Waals surface area (Å²) in [5.41, 5.74) is 1.19. The Balaban J connectivity index is 4.60. The van der Waals surface area contributed by atoms with Crippen molar-refractivity contribution in [3.05, 3.63) is 11.6 Å². The average Bonchev–Trinajstić information content (AvgIpc) is 2.03. The van der Waals surface area contributed by atoms with Crippen molar-refractivity contribution in [1.29, 1.82) is 0 Å². The van der Waals surface area contributed by atoms with Gasteiger partial charge < -0.3 is 10.2 Å². The minimum absolute atomic E-state index is 0.199. The highest BCUT2D eigenvalue weighted by Crippen LogP contribution is 2.24. The molecule has 0 aliphatic rings. The zero-order valence-corrected chi connectivity index (χ0v) is 9.83. The van der Waals surface area contributed by atoms with Crippen LogP contribution in [0.5, 0.6) is 0 Å². The van der Waals surface area contributed by atoms with Crippen molar-refractivity contribution in [3.8, 4) is 0 Å². The fourth-order valence-electron chi connectivity index (χ4n) is 1.90. The van der Waals surface area contributed by atoms with Crippen molar-refractivity contribution in [2.24, 2.45) is 5.92 Å². The molecule has 0 spiro atoms. The van der Waals surface area contributed by atoms with Crippen LogP contribution in [-0.2, 0) is 0 Å². The number of aliphatic hydroxyl groups is 2. The van der Waals surface area contributed by atoms with Crippen molar-refractivity contribution < 1.29 is 10.2 Å².